The van der Waals surface area contributed by atoms with Crippen LogP contribution in [0.25, 0.3) is 11.1 Å². The fraction of sp³-hybridized carbons (Fsp3) is 0.143. The summed E-state index contributed by atoms with van der Waals surface area (Å²) in [6.07, 6.45) is 0.301. The van der Waals surface area contributed by atoms with E-state index < -0.39 is 17.6 Å². The number of carbonyl (C=O) groups excluding carboxylic acids is 1. The van der Waals surface area contributed by atoms with Crippen LogP contribution < -0.4 is 5.69 Å². The maximum absolute atomic E-state index is 13.1. The Balaban J connectivity index is 1.63. The lowest BCUT2D eigenvalue weighted by Gasteiger charge is -2.08. The quantitative estimate of drug-likeness (QED) is 0.418. The lowest BCUT2D eigenvalue weighted by molar-refractivity contribution is 0.0697. The smallest absolute Gasteiger partial charge is 0.353 e. The molecule has 1 aromatic heterocycles. The third-order valence-corrected chi connectivity index (χ3v) is 5.56. The van der Waals surface area contributed by atoms with Gasteiger partial charge in [-0.2, -0.15) is 0 Å². The number of hydrogen-bond acceptors (Lipinski definition) is 4. The molecule has 0 radical (unpaired) electrons. The molecule has 0 fully saturated rings. The molecular formula is C28H23N3O4. The zero-order valence-electron chi connectivity index (χ0n) is 19.1. The van der Waals surface area contributed by atoms with Crippen LogP contribution in [0.2, 0.25) is 0 Å². The van der Waals surface area contributed by atoms with Crippen molar-refractivity contribution >= 4 is 11.9 Å². The number of benzene rings is 3. The Bertz CT molecular complexity index is 1490. The van der Waals surface area contributed by atoms with Crippen LogP contribution in [0.5, 0.6) is 0 Å². The molecule has 0 saturated carbocycles. The molecule has 0 aliphatic heterocycles. The third-order valence-electron chi connectivity index (χ3n) is 5.56. The van der Waals surface area contributed by atoms with E-state index in [0.717, 1.165) is 21.4 Å². The van der Waals surface area contributed by atoms with E-state index in [1.165, 1.54) is 4.57 Å². The topological polar surface area (TPSA) is 94.2 Å². The van der Waals surface area contributed by atoms with Crippen LogP contribution in [-0.4, -0.2) is 31.3 Å². The molecule has 174 valence electrons. The fourth-order valence-corrected chi connectivity index (χ4v) is 3.80. The summed E-state index contributed by atoms with van der Waals surface area (Å²) in [7, 11) is 0. The van der Waals surface area contributed by atoms with Gasteiger partial charge >= 0.3 is 11.7 Å². The SMILES string of the molecule is CC#CCc1nn(C(=O)Cc2ccccc2)c(=O)n1Cc1ccc(-c2ccccc2C(=O)O)cc1. The first-order valence-corrected chi connectivity index (χ1v) is 11.0. The summed E-state index contributed by atoms with van der Waals surface area (Å²) in [5.74, 6) is 4.72. The lowest BCUT2D eigenvalue weighted by atomic mass is 9.99. The predicted molar refractivity (Wildman–Crippen MR) is 132 cm³/mol. The predicted octanol–water partition coefficient (Wildman–Crippen LogP) is 3.91. The van der Waals surface area contributed by atoms with Gasteiger partial charge in [-0.15, -0.1) is 15.7 Å². The molecule has 35 heavy (non-hydrogen) atoms. The summed E-state index contributed by atoms with van der Waals surface area (Å²) in [6, 6.07) is 23.3. The number of carboxylic acid groups (broad SMARTS) is 1. The average Bonchev–Trinajstić information content (AvgIpc) is 3.18. The van der Waals surface area contributed by atoms with Crippen molar-refractivity contribution in [3.63, 3.8) is 0 Å². The summed E-state index contributed by atoms with van der Waals surface area (Å²) in [5, 5.41) is 13.7. The summed E-state index contributed by atoms with van der Waals surface area (Å²) >= 11 is 0. The second kappa shape index (κ2) is 10.5. The van der Waals surface area contributed by atoms with Crippen LogP contribution >= 0.6 is 0 Å². The first-order chi connectivity index (χ1) is 17.0. The van der Waals surface area contributed by atoms with E-state index in [1.807, 2.05) is 54.6 Å². The highest BCUT2D eigenvalue weighted by Gasteiger charge is 2.19. The molecule has 0 bridgehead atoms. The molecule has 0 aliphatic rings. The highest BCUT2D eigenvalue weighted by Crippen LogP contribution is 2.24. The molecule has 0 aliphatic carbocycles. The van der Waals surface area contributed by atoms with Crippen LogP contribution in [0.1, 0.15) is 39.0 Å². The minimum Gasteiger partial charge on any atom is -0.478 e. The van der Waals surface area contributed by atoms with Crippen LogP contribution in [0.4, 0.5) is 0 Å². The number of hydrogen-bond donors (Lipinski definition) is 1. The number of nitrogens with zero attached hydrogens (tertiary/aromatic N) is 3. The standard InChI is InChI=1S/C28H23N3O4/c1-2-3-13-25-29-31(26(32)18-20-9-5-4-6-10-20)28(35)30(25)19-21-14-16-22(17-15-21)23-11-7-8-12-24(23)27(33)34/h4-12,14-17H,13,18-19H2,1H3,(H,33,34). The van der Waals surface area contributed by atoms with Crippen molar-refractivity contribution < 1.29 is 14.7 Å². The van der Waals surface area contributed by atoms with Crippen molar-refractivity contribution in [2.75, 3.05) is 0 Å². The lowest BCUT2D eigenvalue weighted by Crippen LogP contribution is -2.31. The van der Waals surface area contributed by atoms with E-state index >= 15 is 0 Å². The van der Waals surface area contributed by atoms with Crippen LogP contribution in [0, 0.1) is 11.8 Å². The molecule has 0 spiro atoms. The van der Waals surface area contributed by atoms with E-state index in [4.69, 9.17) is 0 Å². The van der Waals surface area contributed by atoms with E-state index in [-0.39, 0.29) is 24.9 Å². The second-order valence-electron chi connectivity index (χ2n) is 7.90. The van der Waals surface area contributed by atoms with Gasteiger partial charge in [0.15, 0.2) is 0 Å². The molecule has 1 heterocycles. The minimum absolute atomic E-state index is 0.0638. The van der Waals surface area contributed by atoms with E-state index in [0.29, 0.717) is 11.4 Å². The normalized spacial score (nSPS) is 10.4. The first kappa shape index (κ1) is 23.5. The third kappa shape index (κ3) is 5.28. The molecule has 1 N–H and O–H groups in total. The zero-order valence-corrected chi connectivity index (χ0v) is 19.1. The molecule has 4 rings (SSSR count). The molecule has 4 aromatic rings. The Morgan fingerprint density at radius 1 is 0.914 bits per heavy atom. The van der Waals surface area contributed by atoms with Crippen LogP contribution in [0.15, 0.2) is 83.7 Å². The Labute approximate surface area is 202 Å². The van der Waals surface area contributed by atoms with Crippen molar-refractivity contribution in [2.24, 2.45) is 0 Å². The Morgan fingerprint density at radius 3 is 2.29 bits per heavy atom. The molecule has 7 nitrogen and oxygen atoms in total. The number of rotatable bonds is 7. The van der Waals surface area contributed by atoms with Gasteiger partial charge in [0.05, 0.1) is 24.9 Å². The summed E-state index contributed by atoms with van der Waals surface area (Å²) < 4.78 is 2.37. The zero-order chi connectivity index (χ0) is 24.8. The van der Waals surface area contributed by atoms with Gasteiger partial charge in [0.1, 0.15) is 5.82 Å². The van der Waals surface area contributed by atoms with Crippen molar-refractivity contribution in [1.29, 1.82) is 0 Å². The number of carboxylic acids is 1. The molecule has 0 atom stereocenters. The van der Waals surface area contributed by atoms with Gasteiger partial charge in [-0.1, -0.05) is 78.7 Å². The van der Waals surface area contributed by atoms with E-state index in [1.54, 1.807) is 31.2 Å². The van der Waals surface area contributed by atoms with Crippen LogP contribution in [0.3, 0.4) is 0 Å². The molecular weight excluding hydrogens is 442 g/mol. The van der Waals surface area contributed by atoms with Gasteiger partial charge in [0, 0.05) is 0 Å². The first-order valence-electron chi connectivity index (χ1n) is 11.0. The van der Waals surface area contributed by atoms with Crippen molar-refractivity contribution in [2.45, 2.75) is 26.3 Å². The fourth-order valence-electron chi connectivity index (χ4n) is 3.80. The number of aromatic carboxylic acids is 1. The summed E-state index contributed by atoms with van der Waals surface area (Å²) in [5.41, 5.74) is 2.68. The monoisotopic (exact) mass is 465 g/mol. The van der Waals surface area contributed by atoms with Gasteiger partial charge < -0.3 is 5.11 Å². The molecule has 7 heteroatoms. The van der Waals surface area contributed by atoms with Crippen molar-refractivity contribution in [3.05, 3.63) is 112 Å². The highest BCUT2D eigenvalue weighted by molar-refractivity contribution is 5.96. The highest BCUT2D eigenvalue weighted by atomic mass is 16.4. The van der Waals surface area contributed by atoms with E-state index in [9.17, 15) is 19.5 Å². The molecule has 0 saturated heterocycles. The van der Waals surface area contributed by atoms with E-state index in [2.05, 4.69) is 16.9 Å². The minimum atomic E-state index is -0.995. The van der Waals surface area contributed by atoms with Gasteiger partial charge in [0.25, 0.3) is 5.91 Å². The Morgan fingerprint density at radius 2 is 1.60 bits per heavy atom. The summed E-state index contributed by atoms with van der Waals surface area (Å²) in [4.78, 5) is 37.5. The van der Waals surface area contributed by atoms with Gasteiger partial charge in [-0.05, 0) is 35.2 Å². The average molecular weight is 466 g/mol. The number of carbonyl (C=O) groups is 2. The van der Waals surface area contributed by atoms with Crippen LogP contribution in [-0.2, 0) is 19.4 Å². The van der Waals surface area contributed by atoms with Gasteiger partial charge in [-0.3, -0.25) is 9.36 Å². The Hall–Kier alpha value is -4.70. The Kier molecular flexibility index (Phi) is 7.03. The molecule has 0 amide bonds. The van der Waals surface area contributed by atoms with Gasteiger partial charge in [0.2, 0.25) is 0 Å². The van der Waals surface area contributed by atoms with Crippen molar-refractivity contribution in [3.8, 4) is 23.0 Å². The molecule has 0 unspecified atom stereocenters. The van der Waals surface area contributed by atoms with Gasteiger partial charge in [-0.25, -0.2) is 9.59 Å². The maximum Gasteiger partial charge on any atom is 0.353 e. The van der Waals surface area contributed by atoms with Crippen molar-refractivity contribution in [1.82, 2.24) is 14.3 Å². The summed E-state index contributed by atoms with van der Waals surface area (Å²) in [6.45, 7) is 1.91. The maximum atomic E-state index is 13.1. The second-order valence-corrected chi connectivity index (χ2v) is 7.90. The number of aromatic nitrogens is 3. The largest absolute Gasteiger partial charge is 0.478 e. The molecule has 3 aromatic carbocycles.